The Morgan fingerprint density at radius 2 is 1.67 bits per heavy atom. The van der Waals surface area contributed by atoms with Crippen molar-refractivity contribution < 1.29 is 19.1 Å². The third-order valence-electron chi connectivity index (χ3n) is 3.16. The molecule has 0 heterocycles. The van der Waals surface area contributed by atoms with Gasteiger partial charge in [-0.05, 0) is 57.5 Å². The van der Waals surface area contributed by atoms with Crippen molar-refractivity contribution in [3.63, 3.8) is 0 Å². The summed E-state index contributed by atoms with van der Waals surface area (Å²) in [6.45, 7) is 8.76. The minimum absolute atomic E-state index is 0.182. The molecule has 0 spiro atoms. The van der Waals surface area contributed by atoms with E-state index in [2.05, 4.69) is 16.0 Å². The number of benzene rings is 1. The Morgan fingerprint density at radius 1 is 1.00 bits per heavy atom. The molecule has 0 fully saturated rings. The van der Waals surface area contributed by atoms with Gasteiger partial charge in [-0.15, -0.1) is 0 Å². The molecular formula is C19H29N3O4S. The molecule has 7 nitrogen and oxygen atoms in total. The molecule has 0 bridgehead atoms. The van der Waals surface area contributed by atoms with Crippen LogP contribution in [0.1, 0.15) is 50.9 Å². The Kier molecular flexibility index (Phi) is 9.71. The molecular weight excluding hydrogens is 366 g/mol. The van der Waals surface area contributed by atoms with Crippen molar-refractivity contribution in [2.45, 2.75) is 51.0 Å². The van der Waals surface area contributed by atoms with Crippen molar-refractivity contribution in [2.75, 3.05) is 19.6 Å². The summed E-state index contributed by atoms with van der Waals surface area (Å²) in [7, 11) is 0. The van der Waals surface area contributed by atoms with Gasteiger partial charge in [0.05, 0.1) is 5.56 Å². The maximum atomic E-state index is 12.4. The number of nitrogens with one attached hydrogen (secondary N) is 3. The fourth-order valence-corrected chi connectivity index (χ4v) is 2.79. The lowest BCUT2D eigenvalue weighted by Gasteiger charge is -2.19. The Labute approximate surface area is 165 Å². The highest BCUT2D eigenvalue weighted by Crippen LogP contribution is 2.23. The van der Waals surface area contributed by atoms with Crippen LogP contribution in [-0.2, 0) is 4.74 Å². The Bertz CT molecular complexity index is 644. The molecule has 3 amide bonds. The first kappa shape index (κ1) is 22.8. The smallest absolute Gasteiger partial charge is 0.407 e. The van der Waals surface area contributed by atoms with Crippen LogP contribution in [0.5, 0.6) is 0 Å². The van der Waals surface area contributed by atoms with Gasteiger partial charge in [0.1, 0.15) is 5.60 Å². The van der Waals surface area contributed by atoms with Crippen LogP contribution in [0.4, 0.5) is 9.59 Å². The fraction of sp³-hybridized carbons (Fsp3) is 0.526. The third kappa shape index (κ3) is 9.89. The summed E-state index contributed by atoms with van der Waals surface area (Å²) >= 11 is 1.01. The highest BCUT2D eigenvalue weighted by molar-refractivity contribution is 8.13. The Balaban J connectivity index is 2.42. The number of amides is 3. The van der Waals surface area contributed by atoms with Crippen LogP contribution in [0.3, 0.4) is 0 Å². The van der Waals surface area contributed by atoms with Gasteiger partial charge in [-0.2, -0.15) is 0 Å². The van der Waals surface area contributed by atoms with Crippen molar-refractivity contribution >= 4 is 29.0 Å². The maximum absolute atomic E-state index is 12.4. The van der Waals surface area contributed by atoms with E-state index in [-0.39, 0.29) is 11.1 Å². The summed E-state index contributed by atoms with van der Waals surface area (Å²) < 4.78 is 5.14. The molecule has 0 saturated heterocycles. The summed E-state index contributed by atoms with van der Waals surface area (Å²) in [6, 6.07) is 6.98. The average molecular weight is 396 g/mol. The highest BCUT2D eigenvalue weighted by atomic mass is 32.2. The lowest BCUT2D eigenvalue weighted by molar-refractivity contribution is 0.0527. The lowest BCUT2D eigenvalue weighted by Crippen LogP contribution is -2.34. The van der Waals surface area contributed by atoms with E-state index < -0.39 is 11.7 Å². The molecule has 1 rings (SSSR count). The van der Waals surface area contributed by atoms with E-state index in [1.54, 1.807) is 45.0 Å². The van der Waals surface area contributed by atoms with Gasteiger partial charge in [0, 0.05) is 24.5 Å². The predicted molar refractivity (Wildman–Crippen MR) is 107 cm³/mol. The van der Waals surface area contributed by atoms with Crippen molar-refractivity contribution in [2.24, 2.45) is 0 Å². The second-order valence-electron chi connectivity index (χ2n) is 6.85. The third-order valence-corrected chi connectivity index (χ3v) is 4.07. The van der Waals surface area contributed by atoms with Crippen LogP contribution in [0.25, 0.3) is 0 Å². The summed E-state index contributed by atoms with van der Waals surface area (Å²) in [5, 5.41) is 8.03. The summed E-state index contributed by atoms with van der Waals surface area (Å²) in [4.78, 5) is 36.4. The van der Waals surface area contributed by atoms with Gasteiger partial charge < -0.3 is 20.7 Å². The molecule has 27 heavy (non-hydrogen) atoms. The van der Waals surface area contributed by atoms with E-state index in [4.69, 9.17) is 4.74 Å². The molecule has 3 N–H and O–H groups in total. The van der Waals surface area contributed by atoms with Crippen LogP contribution in [-0.4, -0.2) is 42.5 Å². The van der Waals surface area contributed by atoms with Crippen molar-refractivity contribution in [3.8, 4) is 0 Å². The topological polar surface area (TPSA) is 96.5 Å². The van der Waals surface area contributed by atoms with Gasteiger partial charge in [0.2, 0.25) is 0 Å². The van der Waals surface area contributed by atoms with E-state index in [0.717, 1.165) is 18.2 Å². The van der Waals surface area contributed by atoms with Crippen LogP contribution in [0, 0.1) is 0 Å². The summed E-state index contributed by atoms with van der Waals surface area (Å²) in [5.74, 6) is -0.251. The van der Waals surface area contributed by atoms with E-state index in [1.807, 2.05) is 6.92 Å². The number of hydrogen-bond acceptors (Lipinski definition) is 5. The molecule has 1 aromatic carbocycles. The molecule has 0 aliphatic heterocycles. The van der Waals surface area contributed by atoms with Crippen LogP contribution in [0.2, 0.25) is 0 Å². The molecule has 0 unspecified atom stereocenters. The standard InChI is InChI=1S/C19H29N3O4S/c1-5-11-22-18(25)27-15-10-7-6-9-14(15)16(23)20-12-8-13-21-17(24)26-19(2,3)4/h6-7,9-10H,5,8,11-13H2,1-4H3,(H,20,23)(H,21,24)(H,22,25). The molecule has 150 valence electrons. The van der Waals surface area contributed by atoms with Crippen LogP contribution < -0.4 is 16.0 Å². The number of hydrogen-bond donors (Lipinski definition) is 3. The highest BCUT2D eigenvalue weighted by Gasteiger charge is 2.16. The lowest BCUT2D eigenvalue weighted by atomic mass is 10.2. The minimum Gasteiger partial charge on any atom is -0.444 e. The average Bonchev–Trinajstić information content (AvgIpc) is 2.58. The molecule has 8 heteroatoms. The van der Waals surface area contributed by atoms with Gasteiger partial charge in [0.25, 0.3) is 11.1 Å². The Morgan fingerprint density at radius 3 is 2.33 bits per heavy atom. The van der Waals surface area contributed by atoms with Crippen LogP contribution >= 0.6 is 11.8 Å². The van der Waals surface area contributed by atoms with Gasteiger partial charge in [-0.1, -0.05) is 19.1 Å². The Hall–Kier alpha value is -2.22. The number of thioether (sulfide) groups is 1. The molecule has 0 aliphatic rings. The molecule has 0 saturated carbocycles. The first-order valence-electron chi connectivity index (χ1n) is 9.02. The molecule has 0 atom stereocenters. The monoisotopic (exact) mass is 395 g/mol. The SMILES string of the molecule is CCCNC(=O)Sc1ccccc1C(=O)NCCCNC(=O)OC(C)(C)C. The second kappa shape index (κ2) is 11.5. The number of ether oxygens (including phenoxy) is 1. The van der Waals surface area contributed by atoms with Crippen molar-refractivity contribution in [1.29, 1.82) is 0 Å². The largest absolute Gasteiger partial charge is 0.444 e. The van der Waals surface area contributed by atoms with Crippen molar-refractivity contribution in [3.05, 3.63) is 29.8 Å². The summed E-state index contributed by atoms with van der Waals surface area (Å²) in [5.41, 5.74) is -0.0856. The normalized spacial score (nSPS) is 10.8. The zero-order chi connectivity index (χ0) is 20.3. The van der Waals surface area contributed by atoms with Crippen LogP contribution in [0.15, 0.2) is 29.2 Å². The van der Waals surface area contributed by atoms with E-state index in [9.17, 15) is 14.4 Å². The number of carbonyl (C=O) groups is 3. The molecule has 0 aliphatic carbocycles. The fourth-order valence-electron chi connectivity index (χ4n) is 2.00. The van der Waals surface area contributed by atoms with Gasteiger partial charge >= 0.3 is 6.09 Å². The molecule has 1 aromatic rings. The zero-order valence-corrected chi connectivity index (χ0v) is 17.2. The second-order valence-corrected chi connectivity index (χ2v) is 7.87. The van der Waals surface area contributed by atoms with E-state index in [1.165, 1.54) is 0 Å². The van der Waals surface area contributed by atoms with Gasteiger partial charge in [0.15, 0.2) is 0 Å². The molecule has 0 radical (unpaired) electrons. The molecule has 0 aromatic heterocycles. The maximum Gasteiger partial charge on any atom is 0.407 e. The van der Waals surface area contributed by atoms with E-state index >= 15 is 0 Å². The number of alkyl carbamates (subject to hydrolysis) is 1. The van der Waals surface area contributed by atoms with Gasteiger partial charge in [-0.3, -0.25) is 9.59 Å². The predicted octanol–water partition coefficient (Wildman–Crippen LogP) is 3.54. The summed E-state index contributed by atoms with van der Waals surface area (Å²) in [6.07, 6.45) is 0.942. The zero-order valence-electron chi connectivity index (χ0n) is 16.4. The minimum atomic E-state index is -0.539. The van der Waals surface area contributed by atoms with Gasteiger partial charge in [-0.25, -0.2) is 4.79 Å². The number of rotatable bonds is 8. The number of carbonyl (C=O) groups excluding carboxylic acids is 3. The first-order chi connectivity index (χ1) is 12.7. The first-order valence-corrected chi connectivity index (χ1v) is 9.84. The van der Waals surface area contributed by atoms with E-state index in [0.29, 0.717) is 36.5 Å². The van der Waals surface area contributed by atoms with Crippen molar-refractivity contribution in [1.82, 2.24) is 16.0 Å². The quantitative estimate of drug-likeness (QED) is 0.462.